The summed E-state index contributed by atoms with van der Waals surface area (Å²) in [6.07, 6.45) is 10.7. The minimum absolute atomic E-state index is 0.194. The fraction of sp³-hybridized carbons (Fsp3) is 0.833. The first-order valence-electron chi connectivity index (χ1n) is 5.79. The molecule has 0 atom stereocenters. The summed E-state index contributed by atoms with van der Waals surface area (Å²) in [7, 11) is 2.02. The Morgan fingerprint density at radius 1 is 1.29 bits per heavy atom. The van der Waals surface area contributed by atoms with Crippen molar-refractivity contribution in [3.8, 4) is 0 Å². The molecule has 1 aliphatic carbocycles. The third-order valence-corrected chi connectivity index (χ3v) is 3.21. The van der Waals surface area contributed by atoms with Crippen LogP contribution in [0, 0.1) is 11.8 Å². The van der Waals surface area contributed by atoms with Crippen LogP contribution in [0.25, 0.3) is 0 Å². The first-order chi connectivity index (χ1) is 6.86. The van der Waals surface area contributed by atoms with E-state index in [0.29, 0.717) is 0 Å². The number of hydrogen-bond donors (Lipinski definition) is 2. The van der Waals surface area contributed by atoms with Gasteiger partial charge in [-0.25, -0.2) is 0 Å². The molecule has 0 heterocycles. The fourth-order valence-electron chi connectivity index (χ4n) is 2.27. The van der Waals surface area contributed by atoms with Crippen molar-refractivity contribution in [2.75, 3.05) is 20.2 Å². The summed E-state index contributed by atoms with van der Waals surface area (Å²) in [5.41, 5.74) is 0. The van der Waals surface area contributed by atoms with Crippen molar-refractivity contribution in [2.45, 2.75) is 32.1 Å². The zero-order valence-corrected chi connectivity index (χ0v) is 9.21. The summed E-state index contributed by atoms with van der Waals surface area (Å²) >= 11 is 0. The maximum atomic E-state index is 8.67. The van der Waals surface area contributed by atoms with Crippen LogP contribution in [0.2, 0.25) is 0 Å². The van der Waals surface area contributed by atoms with E-state index in [1.807, 2.05) is 13.1 Å². The molecule has 1 saturated carbocycles. The average Bonchev–Trinajstić information content (AvgIpc) is 2.25. The van der Waals surface area contributed by atoms with E-state index in [1.54, 1.807) is 0 Å². The lowest BCUT2D eigenvalue weighted by atomic mass is 9.80. The summed E-state index contributed by atoms with van der Waals surface area (Å²) in [5.74, 6) is 1.66. The molecule has 1 rings (SSSR count). The van der Waals surface area contributed by atoms with Crippen LogP contribution in [-0.4, -0.2) is 25.3 Å². The Labute approximate surface area is 87.4 Å². The molecule has 0 aromatic heterocycles. The standard InChI is InChI=1S/C12H23NO/c1-13-9-8-12-6-4-11(5-7-12)3-2-10-14/h2-3,11-14H,4-10H2,1H3/t11-,12-. The monoisotopic (exact) mass is 197 g/mol. The minimum Gasteiger partial charge on any atom is -0.392 e. The number of hydrogen-bond acceptors (Lipinski definition) is 2. The number of rotatable bonds is 5. The second-order valence-electron chi connectivity index (χ2n) is 4.28. The molecule has 0 saturated heterocycles. The molecule has 0 unspecified atom stereocenters. The second-order valence-corrected chi connectivity index (χ2v) is 4.28. The van der Waals surface area contributed by atoms with Crippen LogP contribution < -0.4 is 5.32 Å². The van der Waals surface area contributed by atoms with E-state index in [-0.39, 0.29) is 6.61 Å². The molecule has 0 aromatic carbocycles. The highest BCUT2D eigenvalue weighted by Gasteiger charge is 2.18. The van der Waals surface area contributed by atoms with Gasteiger partial charge in [0.2, 0.25) is 0 Å². The van der Waals surface area contributed by atoms with E-state index in [1.165, 1.54) is 32.1 Å². The van der Waals surface area contributed by atoms with Crippen molar-refractivity contribution in [1.29, 1.82) is 0 Å². The van der Waals surface area contributed by atoms with Crippen LogP contribution in [0.15, 0.2) is 12.2 Å². The van der Waals surface area contributed by atoms with Gasteiger partial charge in [0.25, 0.3) is 0 Å². The van der Waals surface area contributed by atoms with Crippen LogP contribution in [0.4, 0.5) is 0 Å². The molecule has 14 heavy (non-hydrogen) atoms. The summed E-state index contributed by atoms with van der Waals surface area (Å²) in [6, 6.07) is 0. The van der Waals surface area contributed by atoms with Crippen molar-refractivity contribution in [1.82, 2.24) is 5.32 Å². The highest BCUT2D eigenvalue weighted by Crippen LogP contribution is 2.31. The van der Waals surface area contributed by atoms with Gasteiger partial charge in [0.05, 0.1) is 6.61 Å². The Bertz CT molecular complexity index is 160. The highest BCUT2D eigenvalue weighted by atomic mass is 16.2. The molecule has 1 aliphatic rings. The SMILES string of the molecule is CNCC[C@H]1CC[C@H](C=CCO)CC1. The summed E-state index contributed by atoms with van der Waals surface area (Å²) in [5, 5.41) is 11.9. The van der Waals surface area contributed by atoms with E-state index < -0.39 is 0 Å². The van der Waals surface area contributed by atoms with Crippen LogP contribution >= 0.6 is 0 Å². The van der Waals surface area contributed by atoms with Gasteiger partial charge in [-0.1, -0.05) is 12.2 Å². The van der Waals surface area contributed by atoms with Crippen molar-refractivity contribution in [3.63, 3.8) is 0 Å². The zero-order chi connectivity index (χ0) is 10.2. The van der Waals surface area contributed by atoms with Gasteiger partial charge in [-0.2, -0.15) is 0 Å². The quantitative estimate of drug-likeness (QED) is 0.660. The van der Waals surface area contributed by atoms with Crippen LogP contribution in [0.5, 0.6) is 0 Å². The van der Waals surface area contributed by atoms with E-state index in [0.717, 1.165) is 18.4 Å². The van der Waals surface area contributed by atoms with Crippen molar-refractivity contribution in [3.05, 3.63) is 12.2 Å². The van der Waals surface area contributed by atoms with E-state index in [9.17, 15) is 0 Å². The van der Waals surface area contributed by atoms with Gasteiger partial charge in [0.1, 0.15) is 0 Å². The van der Waals surface area contributed by atoms with Crippen LogP contribution in [0.1, 0.15) is 32.1 Å². The molecule has 2 heteroatoms. The van der Waals surface area contributed by atoms with Gasteiger partial charge < -0.3 is 10.4 Å². The lowest BCUT2D eigenvalue weighted by Crippen LogP contribution is -2.18. The molecule has 2 N–H and O–H groups in total. The van der Waals surface area contributed by atoms with Gasteiger partial charge in [-0.05, 0) is 57.5 Å². The molecule has 0 aliphatic heterocycles. The summed E-state index contributed by atoms with van der Waals surface area (Å²) < 4.78 is 0. The first kappa shape index (κ1) is 11.7. The van der Waals surface area contributed by atoms with Gasteiger partial charge in [-0.15, -0.1) is 0 Å². The first-order valence-corrected chi connectivity index (χ1v) is 5.79. The molecule has 0 amide bonds. The smallest absolute Gasteiger partial charge is 0.0612 e. The molecule has 0 bridgehead atoms. The molecule has 1 fully saturated rings. The van der Waals surface area contributed by atoms with Crippen LogP contribution in [-0.2, 0) is 0 Å². The predicted octanol–water partition coefficient (Wildman–Crippen LogP) is 1.95. The highest BCUT2D eigenvalue weighted by molar-refractivity contribution is 4.90. The molecular formula is C12H23NO. The lowest BCUT2D eigenvalue weighted by Gasteiger charge is -2.26. The molecule has 2 nitrogen and oxygen atoms in total. The molecular weight excluding hydrogens is 174 g/mol. The topological polar surface area (TPSA) is 32.3 Å². The Balaban J connectivity index is 2.14. The Morgan fingerprint density at radius 2 is 2.00 bits per heavy atom. The van der Waals surface area contributed by atoms with Gasteiger partial charge in [0, 0.05) is 0 Å². The maximum absolute atomic E-state index is 8.67. The molecule has 0 spiro atoms. The largest absolute Gasteiger partial charge is 0.392 e. The van der Waals surface area contributed by atoms with Crippen molar-refractivity contribution in [2.24, 2.45) is 11.8 Å². The third-order valence-electron chi connectivity index (χ3n) is 3.21. The summed E-state index contributed by atoms with van der Waals surface area (Å²) in [4.78, 5) is 0. The Morgan fingerprint density at radius 3 is 2.57 bits per heavy atom. The normalized spacial score (nSPS) is 28.4. The second kappa shape index (κ2) is 7.02. The van der Waals surface area contributed by atoms with Crippen molar-refractivity contribution >= 4 is 0 Å². The number of aliphatic hydroxyl groups is 1. The van der Waals surface area contributed by atoms with Crippen LogP contribution in [0.3, 0.4) is 0 Å². The zero-order valence-electron chi connectivity index (χ0n) is 9.21. The number of nitrogens with one attached hydrogen (secondary N) is 1. The Kier molecular flexibility index (Phi) is 5.88. The molecule has 0 aromatic rings. The third kappa shape index (κ3) is 4.25. The molecule has 0 radical (unpaired) electrons. The fourth-order valence-corrected chi connectivity index (χ4v) is 2.27. The van der Waals surface area contributed by atoms with E-state index in [2.05, 4.69) is 11.4 Å². The number of aliphatic hydroxyl groups excluding tert-OH is 1. The number of allylic oxidation sites excluding steroid dienone is 1. The predicted molar refractivity (Wildman–Crippen MR) is 60.2 cm³/mol. The minimum atomic E-state index is 0.194. The van der Waals surface area contributed by atoms with E-state index in [4.69, 9.17) is 5.11 Å². The van der Waals surface area contributed by atoms with Gasteiger partial charge in [0.15, 0.2) is 0 Å². The molecule has 82 valence electrons. The van der Waals surface area contributed by atoms with Gasteiger partial charge >= 0.3 is 0 Å². The van der Waals surface area contributed by atoms with E-state index >= 15 is 0 Å². The lowest BCUT2D eigenvalue weighted by molar-refractivity contribution is 0.292. The summed E-state index contributed by atoms with van der Waals surface area (Å²) in [6.45, 7) is 1.35. The Hall–Kier alpha value is -0.340. The van der Waals surface area contributed by atoms with Gasteiger partial charge in [-0.3, -0.25) is 0 Å². The van der Waals surface area contributed by atoms with Crippen molar-refractivity contribution < 1.29 is 5.11 Å². The maximum Gasteiger partial charge on any atom is 0.0612 e. The average molecular weight is 197 g/mol.